The maximum atomic E-state index is 5.78. The SMILES string of the molecule is CCCCC(CN)Nc1nccn2c(C)nnc12. The standard InChI is InChI=1S/C12H20N6/c1-3-4-5-10(8-13)15-11-12-17-16-9(2)18(12)7-6-14-11/h6-7,10H,3-5,8,13H2,1-2H3,(H,14,15). The van der Waals surface area contributed by atoms with Crippen molar-refractivity contribution in [3.8, 4) is 0 Å². The number of hydrogen-bond acceptors (Lipinski definition) is 5. The molecule has 0 saturated heterocycles. The van der Waals surface area contributed by atoms with Gasteiger partial charge in [-0.2, -0.15) is 0 Å². The van der Waals surface area contributed by atoms with Gasteiger partial charge in [0, 0.05) is 25.0 Å². The average molecular weight is 248 g/mol. The van der Waals surface area contributed by atoms with Crippen LogP contribution in [0.3, 0.4) is 0 Å². The van der Waals surface area contributed by atoms with Crippen molar-refractivity contribution in [1.82, 2.24) is 19.6 Å². The molecule has 2 aromatic rings. The fourth-order valence-corrected chi connectivity index (χ4v) is 1.94. The van der Waals surface area contributed by atoms with Crippen molar-refractivity contribution in [2.45, 2.75) is 39.2 Å². The van der Waals surface area contributed by atoms with E-state index in [2.05, 4.69) is 27.4 Å². The highest BCUT2D eigenvalue weighted by Crippen LogP contribution is 2.14. The Morgan fingerprint density at radius 2 is 2.28 bits per heavy atom. The van der Waals surface area contributed by atoms with Gasteiger partial charge in [0.1, 0.15) is 5.82 Å². The summed E-state index contributed by atoms with van der Waals surface area (Å²) in [6.07, 6.45) is 6.98. The number of fused-ring (bicyclic) bond motifs is 1. The molecule has 18 heavy (non-hydrogen) atoms. The number of nitrogens with one attached hydrogen (secondary N) is 1. The van der Waals surface area contributed by atoms with Crippen LogP contribution < -0.4 is 11.1 Å². The second-order valence-electron chi connectivity index (χ2n) is 4.44. The quantitative estimate of drug-likeness (QED) is 0.806. The molecule has 2 heterocycles. The molecule has 98 valence electrons. The fourth-order valence-electron chi connectivity index (χ4n) is 1.94. The summed E-state index contributed by atoms with van der Waals surface area (Å²) in [4.78, 5) is 4.33. The molecule has 3 N–H and O–H groups in total. The third kappa shape index (κ3) is 2.59. The number of anilines is 1. The van der Waals surface area contributed by atoms with E-state index in [1.807, 2.05) is 17.5 Å². The van der Waals surface area contributed by atoms with Gasteiger partial charge in [-0.15, -0.1) is 10.2 Å². The Morgan fingerprint density at radius 1 is 1.44 bits per heavy atom. The molecule has 0 radical (unpaired) electrons. The van der Waals surface area contributed by atoms with Crippen molar-refractivity contribution >= 4 is 11.5 Å². The van der Waals surface area contributed by atoms with Gasteiger partial charge in [0.05, 0.1) is 0 Å². The monoisotopic (exact) mass is 248 g/mol. The molecule has 6 heteroatoms. The molecule has 6 nitrogen and oxygen atoms in total. The van der Waals surface area contributed by atoms with E-state index in [0.29, 0.717) is 6.54 Å². The highest BCUT2D eigenvalue weighted by Gasteiger charge is 2.11. The first-order chi connectivity index (χ1) is 8.76. The van der Waals surface area contributed by atoms with Gasteiger partial charge in [-0.3, -0.25) is 4.40 Å². The van der Waals surface area contributed by atoms with E-state index in [0.717, 1.165) is 30.1 Å². The Bertz CT molecular complexity index is 506. The van der Waals surface area contributed by atoms with Crippen LogP contribution in [0.1, 0.15) is 32.0 Å². The predicted octanol–water partition coefficient (Wildman–Crippen LogP) is 1.36. The Labute approximate surface area is 107 Å². The molecule has 1 unspecified atom stereocenters. The molecule has 0 aliphatic heterocycles. The van der Waals surface area contributed by atoms with Gasteiger partial charge < -0.3 is 11.1 Å². The lowest BCUT2D eigenvalue weighted by atomic mass is 10.1. The first kappa shape index (κ1) is 12.8. The van der Waals surface area contributed by atoms with Crippen molar-refractivity contribution in [1.29, 1.82) is 0 Å². The van der Waals surface area contributed by atoms with E-state index in [9.17, 15) is 0 Å². The lowest BCUT2D eigenvalue weighted by molar-refractivity contribution is 0.612. The van der Waals surface area contributed by atoms with E-state index in [4.69, 9.17) is 5.73 Å². The van der Waals surface area contributed by atoms with Crippen molar-refractivity contribution in [2.24, 2.45) is 5.73 Å². The topological polar surface area (TPSA) is 81.1 Å². The number of aromatic nitrogens is 4. The van der Waals surface area contributed by atoms with E-state index in [1.165, 1.54) is 6.42 Å². The molecular weight excluding hydrogens is 228 g/mol. The van der Waals surface area contributed by atoms with Gasteiger partial charge in [0.15, 0.2) is 5.82 Å². The van der Waals surface area contributed by atoms with Gasteiger partial charge in [0.25, 0.3) is 0 Å². The zero-order valence-electron chi connectivity index (χ0n) is 10.9. The van der Waals surface area contributed by atoms with Gasteiger partial charge >= 0.3 is 0 Å². The molecule has 2 rings (SSSR count). The molecule has 1 atom stereocenters. The van der Waals surface area contributed by atoms with E-state index in [1.54, 1.807) is 6.20 Å². The third-order valence-corrected chi connectivity index (χ3v) is 3.03. The summed E-state index contributed by atoms with van der Waals surface area (Å²) in [5, 5.41) is 11.5. The number of hydrogen-bond donors (Lipinski definition) is 2. The zero-order valence-corrected chi connectivity index (χ0v) is 10.9. The lowest BCUT2D eigenvalue weighted by Gasteiger charge is -2.17. The minimum Gasteiger partial charge on any atom is -0.363 e. The van der Waals surface area contributed by atoms with Crippen LogP contribution in [0.4, 0.5) is 5.82 Å². The maximum Gasteiger partial charge on any atom is 0.203 e. The minimum atomic E-state index is 0.237. The molecule has 0 saturated carbocycles. The van der Waals surface area contributed by atoms with Crippen molar-refractivity contribution < 1.29 is 0 Å². The number of nitrogens with zero attached hydrogens (tertiary/aromatic N) is 4. The maximum absolute atomic E-state index is 5.78. The van der Waals surface area contributed by atoms with Gasteiger partial charge in [-0.25, -0.2) is 4.98 Å². The Kier molecular flexibility index (Phi) is 4.09. The van der Waals surface area contributed by atoms with Crippen molar-refractivity contribution in [3.63, 3.8) is 0 Å². The summed E-state index contributed by atoms with van der Waals surface area (Å²) in [5.74, 6) is 1.61. The van der Waals surface area contributed by atoms with Crippen LogP contribution in [0, 0.1) is 6.92 Å². The molecule has 0 fully saturated rings. The predicted molar refractivity (Wildman–Crippen MR) is 71.5 cm³/mol. The Hall–Kier alpha value is -1.69. The van der Waals surface area contributed by atoms with Crippen LogP contribution in [-0.4, -0.2) is 32.2 Å². The van der Waals surface area contributed by atoms with E-state index in [-0.39, 0.29) is 6.04 Å². The van der Waals surface area contributed by atoms with E-state index < -0.39 is 0 Å². The largest absolute Gasteiger partial charge is 0.363 e. The van der Waals surface area contributed by atoms with Crippen LogP contribution in [0.5, 0.6) is 0 Å². The lowest BCUT2D eigenvalue weighted by Crippen LogP contribution is -2.29. The van der Waals surface area contributed by atoms with Crippen LogP contribution in [0.2, 0.25) is 0 Å². The highest BCUT2D eigenvalue weighted by molar-refractivity contribution is 5.62. The van der Waals surface area contributed by atoms with Gasteiger partial charge in [0.2, 0.25) is 5.65 Å². The van der Waals surface area contributed by atoms with Crippen LogP contribution >= 0.6 is 0 Å². The second kappa shape index (κ2) is 5.77. The van der Waals surface area contributed by atoms with Crippen molar-refractivity contribution in [3.05, 3.63) is 18.2 Å². The van der Waals surface area contributed by atoms with Gasteiger partial charge in [-0.1, -0.05) is 19.8 Å². The zero-order chi connectivity index (χ0) is 13.0. The number of nitrogens with two attached hydrogens (primary N) is 1. The molecule has 0 amide bonds. The summed E-state index contributed by atoms with van der Waals surface area (Å²) in [6.45, 7) is 4.69. The average Bonchev–Trinajstić information content (AvgIpc) is 2.77. The van der Waals surface area contributed by atoms with Crippen LogP contribution in [-0.2, 0) is 0 Å². The van der Waals surface area contributed by atoms with Crippen LogP contribution in [0.15, 0.2) is 12.4 Å². The summed E-state index contributed by atoms with van der Waals surface area (Å²) >= 11 is 0. The second-order valence-corrected chi connectivity index (χ2v) is 4.44. The van der Waals surface area contributed by atoms with Gasteiger partial charge in [-0.05, 0) is 13.3 Å². The molecule has 2 aromatic heterocycles. The number of unbranched alkanes of at least 4 members (excludes halogenated alkanes) is 1. The molecule has 0 aromatic carbocycles. The first-order valence-corrected chi connectivity index (χ1v) is 6.39. The third-order valence-electron chi connectivity index (χ3n) is 3.03. The molecule has 0 bridgehead atoms. The molecule has 0 aliphatic carbocycles. The number of aryl methyl sites for hydroxylation is 1. The fraction of sp³-hybridized carbons (Fsp3) is 0.583. The molecule has 0 aliphatic rings. The highest BCUT2D eigenvalue weighted by atomic mass is 15.3. The smallest absolute Gasteiger partial charge is 0.203 e. The Balaban J connectivity index is 2.20. The Morgan fingerprint density at radius 3 is 3.00 bits per heavy atom. The minimum absolute atomic E-state index is 0.237. The molecular formula is C12H20N6. The van der Waals surface area contributed by atoms with Crippen molar-refractivity contribution in [2.75, 3.05) is 11.9 Å². The summed E-state index contributed by atoms with van der Waals surface area (Å²) in [7, 11) is 0. The summed E-state index contributed by atoms with van der Waals surface area (Å²) < 4.78 is 1.92. The molecule has 0 spiro atoms. The number of rotatable bonds is 6. The van der Waals surface area contributed by atoms with Crippen LogP contribution in [0.25, 0.3) is 5.65 Å². The van der Waals surface area contributed by atoms with E-state index >= 15 is 0 Å². The first-order valence-electron chi connectivity index (χ1n) is 6.39. The normalized spacial score (nSPS) is 12.8. The summed E-state index contributed by atoms with van der Waals surface area (Å²) in [5.41, 5.74) is 6.53. The summed E-state index contributed by atoms with van der Waals surface area (Å²) in [6, 6.07) is 0.237.